The standard InChI is InChI=1S/C21H18F7N3O/c1-18(23)10-20(24,25)19(2,31-17(18)29)13-7-11(3-5-14(13)22)8-16(32)15-6-4-12(9-30-15)21(26,27)28/h3-7,9H,8,10H2,1-2H3,(H2,29,31)/t18-,19-/m1/s1. The number of hydrogen-bond donors (Lipinski definition) is 1. The molecule has 3 rings (SSSR count). The summed E-state index contributed by atoms with van der Waals surface area (Å²) in [5, 5.41) is 0. The molecule has 1 aromatic carbocycles. The van der Waals surface area contributed by atoms with Crippen LogP contribution in [-0.4, -0.2) is 28.2 Å². The number of rotatable bonds is 4. The van der Waals surface area contributed by atoms with Crippen LogP contribution in [0.25, 0.3) is 0 Å². The van der Waals surface area contributed by atoms with E-state index in [1.807, 2.05) is 0 Å². The number of aromatic nitrogens is 1. The normalized spacial score (nSPS) is 25.3. The molecule has 1 aliphatic rings. The Kier molecular flexibility index (Phi) is 5.59. The predicted octanol–water partition coefficient (Wildman–Crippen LogP) is 5.00. The van der Waals surface area contributed by atoms with Gasteiger partial charge in [0.2, 0.25) is 0 Å². The van der Waals surface area contributed by atoms with Gasteiger partial charge in [-0.15, -0.1) is 0 Å². The van der Waals surface area contributed by atoms with Gasteiger partial charge in [-0.3, -0.25) is 14.8 Å². The lowest BCUT2D eigenvalue weighted by atomic mass is 9.77. The summed E-state index contributed by atoms with van der Waals surface area (Å²) in [5.41, 5.74) is -1.43. The number of halogens is 7. The SMILES string of the molecule is C[C@@]1(F)CC(F)(F)[C@@](C)(c2cc(CC(=O)c3ccc(C(F)(F)F)cn3)ccc2F)N=C1N. The molecule has 4 nitrogen and oxygen atoms in total. The first-order valence-corrected chi connectivity index (χ1v) is 9.35. The summed E-state index contributed by atoms with van der Waals surface area (Å²) in [6, 6.07) is 4.58. The molecule has 0 amide bonds. The Morgan fingerprint density at radius 1 is 1.12 bits per heavy atom. The maximum atomic E-state index is 14.8. The lowest BCUT2D eigenvalue weighted by Gasteiger charge is -2.42. The highest BCUT2D eigenvalue weighted by atomic mass is 19.4. The molecule has 0 radical (unpaired) electrons. The fourth-order valence-corrected chi connectivity index (χ4v) is 3.43. The van der Waals surface area contributed by atoms with Crippen molar-refractivity contribution in [3.05, 3.63) is 64.7 Å². The first-order valence-electron chi connectivity index (χ1n) is 9.35. The maximum Gasteiger partial charge on any atom is 0.417 e. The van der Waals surface area contributed by atoms with Crippen molar-refractivity contribution in [2.45, 2.75) is 50.0 Å². The number of alkyl halides is 6. The van der Waals surface area contributed by atoms with E-state index in [0.29, 0.717) is 12.3 Å². The highest BCUT2D eigenvalue weighted by Gasteiger charge is 2.60. The summed E-state index contributed by atoms with van der Waals surface area (Å²) in [7, 11) is 0. The van der Waals surface area contributed by atoms with Crippen LogP contribution < -0.4 is 5.73 Å². The van der Waals surface area contributed by atoms with Crippen LogP contribution in [0.5, 0.6) is 0 Å². The van der Waals surface area contributed by atoms with Gasteiger partial charge in [0, 0.05) is 18.2 Å². The van der Waals surface area contributed by atoms with Crippen LogP contribution in [0.1, 0.15) is 47.4 Å². The Labute approximate surface area is 178 Å². The van der Waals surface area contributed by atoms with Gasteiger partial charge in [-0.25, -0.2) is 17.6 Å². The molecule has 0 bridgehead atoms. The first kappa shape index (κ1) is 23.7. The van der Waals surface area contributed by atoms with Crippen LogP contribution in [0, 0.1) is 5.82 Å². The van der Waals surface area contributed by atoms with Crippen molar-refractivity contribution < 1.29 is 35.5 Å². The average Bonchev–Trinajstić information content (AvgIpc) is 2.66. The van der Waals surface area contributed by atoms with E-state index in [4.69, 9.17) is 5.73 Å². The summed E-state index contributed by atoms with van der Waals surface area (Å²) in [6.45, 7) is 1.76. The van der Waals surface area contributed by atoms with Gasteiger partial charge in [-0.05, 0) is 43.7 Å². The van der Waals surface area contributed by atoms with Crippen LogP contribution in [0.15, 0.2) is 41.5 Å². The van der Waals surface area contributed by atoms with Crippen molar-refractivity contribution in [1.29, 1.82) is 0 Å². The van der Waals surface area contributed by atoms with Gasteiger partial charge in [0.1, 0.15) is 17.3 Å². The number of ketones is 1. The number of pyridine rings is 1. The van der Waals surface area contributed by atoms with Crippen molar-refractivity contribution in [1.82, 2.24) is 4.98 Å². The molecule has 0 aliphatic carbocycles. The Balaban J connectivity index is 1.94. The van der Waals surface area contributed by atoms with E-state index in [-0.39, 0.29) is 11.3 Å². The number of nitrogens with zero attached hydrogens (tertiary/aromatic N) is 2. The predicted molar refractivity (Wildman–Crippen MR) is 102 cm³/mol. The molecule has 0 unspecified atom stereocenters. The maximum absolute atomic E-state index is 14.8. The van der Waals surface area contributed by atoms with Gasteiger partial charge >= 0.3 is 6.18 Å². The second kappa shape index (κ2) is 7.56. The third-order valence-electron chi connectivity index (χ3n) is 5.44. The van der Waals surface area contributed by atoms with Gasteiger partial charge in [0.05, 0.1) is 12.0 Å². The van der Waals surface area contributed by atoms with Gasteiger partial charge in [0.25, 0.3) is 5.92 Å². The molecule has 1 aromatic heterocycles. The topological polar surface area (TPSA) is 68.3 Å². The van der Waals surface area contributed by atoms with E-state index in [1.54, 1.807) is 0 Å². The summed E-state index contributed by atoms with van der Waals surface area (Å²) < 4.78 is 96.4. The quantitative estimate of drug-likeness (QED) is 0.515. The zero-order valence-electron chi connectivity index (χ0n) is 16.9. The molecule has 2 N–H and O–H groups in total. The summed E-state index contributed by atoms with van der Waals surface area (Å²) in [6.07, 6.45) is -5.89. The average molecular weight is 461 g/mol. The number of amidine groups is 1. The Bertz CT molecular complexity index is 1080. The monoisotopic (exact) mass is 461 g/mol. The molecule has 0 saturated carbocycles. The molecular formula is C21H18F7N3O. The summed E-state index contributed by atoms with van der Waals surface area (Å²) in [4.78, 5) is 19.5. The van der Waals surface area contributed by atoms with Crippen molar-refractivity contribution in [3.8, 4) is 0 Å². The fourth-order valence-electron chi connectivity index (χ4n) is 3.43. The summed E-state index contributed by atoms with van der Waals surface area (Å²) >= 11 is 0. The highest BCUT2D eigenvalue weighted by molar-refractivity contribution is 5.95. The van der Waals surface area contributed by atoms with E-state index in [0.717, 1.165) is 38.1 Å². The molecule has 0 saturated heterocycles. The minimum absolute atomic E-state index is 0.0903. The van der Waals surface area contributed by atoms with E-state index in [1.165, 1.54) is 0 Å². The van der Waals surface area contributed by atoms with Gasteiger partial charge in [-0.1, -0.05) is 6.07 Å². The molecule has 2 heterocycles. The number of Topliss-reactive ketones (excluding diaryl/α,β-unsaturated/α-hetero) is 1. The van der Waals surface area contributed by atoms with Crippen molar-refractivity contribution in [3.63, 3.8) is 0 Å². The molecule has 0 spiro atoms. The highest BCUT2D eigenvalue weighted by Crippen LogP contribution is 2.50. The zero-order chi connectivity index (χ0) is 24.1. The van der Waals surface area contributed by atoms with Gasteiger partial charge < -0.3 is 5.73 Å². The van der Waals surface area contributed by atoms with Gasteiger partial charge in [0.15, 0.2) is 17.0 Å². The first-order chi connectivity index (χ1) is 14.6. The van der Waals surface area contributed by atoms with Crippen LogP contribution in [-0.2, 0) is 18.1 Å². The van der Waals surface area contributed by atoms with Crippen molar-refractivity contribution in [2.75, 3.05) is 0 Å². The number of nitrogens with two attached hydrogens (primary N) is 1. The third kappa shape index (κ3) is 4.20. The van der Waals surface area contributed by atoms with E-state index in [2.05, 4.69) is 9.98 Å². The smallest absolute Gasteiger partial charge is 0.385 e. The number of hydrogen-bond acceptors (Lipinski definition) is 4. The third-order valence-corrected chi connectivity index (χ3v) is 5.44. The number of aliphatic imine (C=N–C) groups is 1. The van der Waals surface area contributed by atoms with Crippen LogP contribution in [0.2, 0.25) is 0 Å². The largest absolute Gasteiger partial charge is 0.417 e. The number of benzene rings is 1. The fraction of sp³-hybridized carbons (Fsp3) is 0.381. The van der Waals surface area contributed by atoms with Crippen LogP contribution >= 0.6 is 0 Å². The molecule has 0 fully saturated rings. The van der Waals surface area contributed by atoms with Crippen LogP contribution in [0.3, 0.4) is 0 Å². The zero-order valence-corrected chi connectivity index (χ0v) is 16.9. The molecular weight excluding hydrogens is 443 g/mol. The lowest BCUT2D eigenvalue weighted by molar-refractivity contribution is -0.137. The minimum atomic E-state index is -4.63. The Hall–Kier alpha value is -2.98. The molecule has 1 aliphatic heterocycles. The van der Waals surface area contributed by atoms with Crippen molar-refractivity contribution in [2.24, 2.45) is 10.7 Å². The molecule has 2 aromatic rings. The molecule has 32 heavy (non-hydrogen) atoms. The van der Waals surface area contributed by atoms with Gasteiger partial charge in [-0.2, -0.15) is 13.2 Å². The van der Waals surface area contributed by atoms with E-state index < -0.39 is 64.7 Å². The minimum Gasteiger partial charge on any atom is -0.385 e. The summed E-state index contributed by atoms with van der Waals surface area (Å²) in [5.74, 6) is -6.29. The number of carbonyl (C=O) groups is 1. The number of carbonyl (C=O) groups excluding carboxylic acids is 1. The molecule has 172 valence electrons. The van der Waals surface area contributed by atoms with E-state index in [9.17, 15) is 35.5 Å². The Morgan fingerprint density at radius 2 is 1.78 bits per heavy atom. The molecule has 2 atom stereocenters. The van der Waals surface area contributed by atoms with Crippen LogP contribution in [0.4, 0.5) is 30.7 Å². The lowest BCUT2D eigenvalue weighted by Crippen LogP contribution is -2.56. The van der Waals surface area contributed by atoms with Crippen molar-refractivity contribution >= 4 is 11.6 Å². The second-order valence-corrected chi connectivity index (χ2v) is 7.99. The second-order valence-electron chi connectivity index (χ2n) is 7.99. The van der Waals surface area contributed by atoms with E-state index >= 15 is 0 Å². The Morgan fingerprint density at radius 3 is 2.34 bits per heavy atom. The molecule has 11 heteroatoms.